The molecular formula is C14H16ClNO3. The molecule has 0 atom stereocenters. The monoisotopic (exact) mass is 281 g/mol. The average Bonchev–Trinajstić information content (AvgIpc) is 2.39. The molecule has 2 rings (SSSR count). The van der Waals surface area contributed by atoms with Crippen molar-refractivity contribution in [2.75, 3.05) is 12.4 Å². The van der Waals surface area contributed by atoms with Crippen LogP contribution in [0.2, 0.25) is 5.02 Å². The van der Waals surface area contributed by atoms with Gasteiger partial charge < -0.3 is 10.1 Å². The van der Waals surface area contributed by atoms with E-state index in [9.17, 15) is 9.59 Å². The lowest BCUT2D eigenvalue weighted by atomic mass is 9.88. The molecule has 0 aromatic heterocycles. The normalized spacial score (nSPS) is 16.2. The number of rotatable bonds is 3. The summed E-state index contributed by atoms with van der Waals surface area (Å²) in [5, 5.41) is 3.29. The summed E-state index contributed by atoms with van der Waals surface area (Å²) in [6.07, 6.45) is 2.27. The van der Waals surface area contributed by atoms with E-state index in [4.69, 9.17) is 16.3 Å². The summed E-state index contributed by atoms with van der Waals surface area (Å²) in [5.41, 5.74) is 0.646. The fourth-order valence-electron chi connectivity index (χ4n) is 2.19. The van der Waals surface area contributed by atoms with Gasteiger partial charge in [-0.1, -0.05) is 11.6 Å². The molecule has 1 N–H and O–H groups in total. The van der Waals surface area contributed by atoms with Gasteiger partial charge in [-0.05, 0) is 31.0 Å². The zero-order valence-corrected chi connectivity index (χ0v) is 11.5. The summed E-state index contributed by atoms with van der Waals surface area (Å²) < 4.78 is 5.05. The van der Waals surface area contributed by atoms with Crippen LogP contribution in [0.3, 0.4) is 0 Å². The molecule has 0 heterocycles. The van der Waals surface area contributed by atoms with Gasteiger partial charge in [-0.25, -0.2) is 0 Å². The van der Waals surface area contributed by atoms with Crippen LogP contribution in [0.4, 0.5) is 5.69 Å². The second kappa shape index (κ2) is 6.06. The first-order chi connectivity index (χ1) is 9.10. The van der Waals surface area contributed by atoms with Gasteiger partial charge in [0.15, 0.2) is 0 Å². The van der Waals surface area contributed by atoms with E-state index in [1.54, 1.807) is 25.3 Å². The van der Waals surface area contributed by atoms with Gasteiger partial charge in [-0.15, -0.1) is 0 Å². The SMILES string of the molecule is COc1ccc(NC(=O)C2CCC(=O)CC2)cc1Cl. The predicted octanol–water partition coefficient (Wildman–Crippen LogP) is 3.05. The molecule has 19 heavy (non-hydrogen) atoms. The van der Waals surface area contributed by atoms with Gasteiger partial charge in [0.1, 0.15) is 11.5 Å². The number of methoxy groups -OCH3 is 1. The van der Waals surface area contributed by atoms with Crippen molar-refractivity contribution in [3.05, 3.63) is 23.2 Å². The number of hydrogen-bond donors (Lipinski definition) is 1. The topological polar surface area (TPSA) is 55.4 Å². The second-order valence-electron chi connectivity index (χ2n) is 4.65. The number of carbonyl (C=O) groups is 2. The van der Waals surface area contributed by atoms with Crippen molar-refractivity contribution in [1.29, 1.82) is 0 Å². The third-order valence-electron chi connectivity index (χ3n) is 3.33. The van der Waals surface area contributed by atoms with Gasteiger partial charge in [0.05, 0.1) is 12.1 Å². The van der Waals surface area contributed by atoms with Crippen molar-refractivity contribution in [1.82, 2.24) is 0 Å². The van der Waals surface area contributed by atoms with Crippen molar-refractivity contribution in [3.63, 3.8) is 0 Å². The van der Waals surface area contributed by atoms with Crippen LogP contribution in [-0.4, -0.2) is 18.8 Å². The van der Waals surface area contributed by atoms with E-state index in [1.807, 2.05) is 0 Å². The van der Waals surface area contributed by atoms with Crippen molar-refractivity contribution >= 4 is 29.0 Å². The van der Waals surface area contributed by atoms with Crippen LogP contribution < -0.4 is 10.1 Å². The molecule has 1 aliphatic carbocycles. The van der Waals surface area contributed by atoms with Crippen LogP contribution in [0.15, 0.2) is 18.2 Å². The second-order valence-corrected chi connectivity index (χ2v) is 5.06. The predicted molar refractivity (Wildman–Crippen MR) is 73.6 cm³/mol. The Balaban J connectivity index is 1.99. The van der Waals surface area contributed by atoms with Gasteiger partial charge in [0.25, 0.3) is 0 Å². The standard InChI is InChI=1S/C14H16ClNO3/c1-19-13-7-4-10(8-12(13)15)16-14(18)9-2-5-11(17)6-3-9/h4,7-9H,2-3,5-6H2,1H3,(H,16,18). The highest BCUT2D eigenvalue weighted by Gasteiger charge is 2.24. The molecule has 4 nitrogen and oxygen atoms in total. The van der Waals surface area contributed by atoms with Gasteiger partial charge >= 0.3 is 0 Å². The lowest BCUT2D eigenvalue weighted by Gasteiger charge is -2.20. The van der Waals surface area contributed by atoms with Crippen LogP contribution in [0.5, 0.6) is 5.75 Å². The van der Waals surface area contributed by atoms with Gasteiger partial charge in [0, 0.05) is 24.4 Å². The maximum Gasteiger partial charge on any atom is 0.227 e. The third-order valence-corrected chi connectivity index (χ3v) is 3.63. The van der Waals surface area contributed by atoms with E-state index in [1.165, 1.54) is 0 Å². The maximum atomic E-state index is 12.0. The van der Waals surface area contributed by atoms with E-state index in [-0.39, 0.29) is 17.6 Å². The Morgan fingerprint density at radius 1 is 1.37 bits per heavy atom. The molecule has 0 saturated heterocycles. The van der Waals surface area contributed by atoms with Crippen molar-refractivity contribution < 1.29 is 14.3 Å². The van der Waals surface area contributed by atoms with Gasteiger partial charge in [0.2, 0.25) is 5.91 Å². The molecule has 1 aromatic rings. The van der Waals surface area contributed by atoms with Crippen LogP contribution in [0, 0.1) is 5.92 Å². The minimum atomic E-state index is -0.0847. The number of ketones is 1. The smallest absolute Gasteiger partial charge is 0.227 e. The minimum absolute atomic E-state index is 0.0475. The van der Waals surface area contributed by atoms with Crippen LogP contribution >= 0.6 is 11.6 Å². The molecule has 1 aliphatic rings. The summed E-state index contributed by atoms with van der Waals surface area (Å²) in [4.78, 5) is 23.2. The molecule has 1 aromatic carbocycles. The first kappa shape index (κ1) is 13.9. The van der Waals surface area contributed by atoms with E-state index in [0.717, 1.165) is 0 Å². The molecule has 1 fully saturated rings. The van der Waals surface area contributed by atoms with Crippen LogP contribution in [-0.2, 0) is 9.59 Å². The molecule has 102 valence electrons. The number of benzene rings is 1. The number of carbonyl (C=O) groups excluding carboxylic acids is 2. The van der Waals surface area contributed by atoms with Gasteiger partial charge in [-0.3, -0.25) is 9.59 Å². The largest absolute Gasteiger partial charge is 0.495 e. The highest BCUT2D eigenvalue weighted by Crippen LogP contribution is 2.28. The zero-order valence-electron chi connectivity index (χ0n) is 10.7. The Morgan fingerprint density at radius 2 is 2.05 bits per heavy atom. The molecule has 0 aliphatic heterocycles. The van der Waals surface area contributed by atoms with Gasteiger partial charge in [-0.2, -0.15) is 0 Å². The molecule has 0 unspecified atom stereocenters. The Kier molecular flexibility index (Phi) is 4.43. The Bertz CT molecular complexity index is 491. The summed E-state index contributed by atoms with van der Waals surface area (Å²) >= 11 is 6.00. The average molecular weight is 282 g/mol. The first-order valence-electron chi connectivity index (χ1n) is 6.26. The van der Waals surface area contributed by atoms with Crippen LogP contribution in [0.25, 0.3) is 0 Å². The number of hydrogen-bond acceptors (Lipinski definition) is 3. The van der Waals surface area contributed by atoms with Crippen molar-refractivity contribution in [2.24, 2.45) is 5.92 Å². The first-order valence-corrected chi connectivity index (χ1v) is 6.64. The Morgan fingerprint density at radius 3 is 2.63 bits per heavy atom. The highest BCUT2D eigenvalue weighted by molar-refractivity contribution is 6.32. The number of Topliss-reactive ketones (excluding diaryl/α,β-unsaturated/α-hetero) is 1. The quantitative estimate of drug-likeness (QED) is 0.926. The molecule has 1 amide bonds. The molecule has 1 saturated carbocycles. The molecule has 5 heteroatoms. The Hall–Kier alpha value is -1.55. The fourth-order valence-corrected chi connectivity index (χ4v) is 2.45. The summed E-state index contributed by atoms with van der Waals surface area (Å²) in [5.74, 6) is 0.687. The van der Waals surface area contributed by atoms with Crippen molar-refractivity contribution in [2.45, 2.75) is 25.7 Å². The number of amides is 1. The van der Waals surface area contributed by atoms with E-state index in [2.05, 4.69) is 5.32 Å². The number of ether oxygens (including phenoxy) is 1. The lowest BCUT2D eigenvalue weighted by Crippen LogP contribution is -2.27. The Labute approximate surface area is 117 Å². The van der Waals surface area contributed by atoms with E-state index < -0.39 is 0 Å². The molecular weight excluding hydrogens is 266 g/mol. The number of anilines is 1. The highest BCUT2D eigenvalue weighted by atomic mass is 35.5. The summed E-state index contributed by atoms with van der Waals surface area (Å²) in [6, 6.07) is 5.12. The molecule has 0 spiro atoms. The third kappa shape index (κ3) is 3.47. The van der Waals surface area contributed by atoms with E-state index in [0.29, 0.717) is 42.1 Å². The molecule has 0 bridgehead atoms. The van der Waals surface area contributed by atoms with Crippen molar-refractivity contribution in [3.8, 4) is 5.75 Å². The maximum absolute atomic E-state index is 12.0. The van der Waals surface area contributed by atoms with E-state index >= 15 is 0 Å². The van der Waals surface area contributed by atoms with Crippen LogP contribution in [0.1, 0.15) is 25.7 Å². The lowest BCUT2D eigenvalue weighted by molar-refractivity contribution is -0.125. The fraction of sp³-hybridized carbons (Fsp3) is 0.429. The zero-order chi connectivity index (χ0) is 13.8. The summed E-state index contributed by atoms with van der Waals surface area (Å²) in [6.45, 7) is 0. The number of halogens is 1. The summed E-state index contributed by atoms with van der Waals surface area (Å²) in [7, 11) is 1.54. The molecule has 0 radical (unpaired) electrons. The number of nitrogens with one attached hydrogen (secondary N) is 1. The minimum Gasteiger partial charge on any atom is -0.495 e.